The molecule has 0 radical (unpaired) electrons. The van der Waals surface area contributed by atoms with E-state index in [9.17, 15) is 19.8 Å². The molecule has 0 spiro atoms. The van der Waals surface area contributed by atoms with Gasteiger partial charge in [0.25, 0.3) is 0 Å². The van der Waals surface area contributed by atoms with Crippen LogP contribution in [0.4, 0.5) is 0 Å². The maximum absolute atomic E-state index is 12.4. The highest BCUT2D eigenvalue weighted by molar-refractivity contribution is 5.76. The van der Waals surface area contributed by atoms with Crippen LogP contribution in [0.25, 0.3) is 0 Å². The largest absolute Gasteiger partial charge is 0.466 e. The average molecular weight is 830 g/mol. The third-order valence-electron chi connectivity index (χ3n) is 11.7. The van der Waals surface area contributed by atoms with Gasteiger partial charge in [0.15, 0.2) is 0 Å². The van der Waals surface area contributed by atoms with Gasteiger partial charge in [0.05, 0.1) is 25.4 Å². The summed E-state index contributed by atoms with van der Waals surface area (Å²) in [5.41, 5.74) is 0. The SMILES string of the molecule is CCCCC/C=C\C/C=C\CCCCCCCCCC(=O)OCCCCCCCCCCCCCCCCCC(=O)NC(CO)C(O)/C=C/CCCCCCCCCC. The van der Waals surface area contributed by atoms with Crippen LogP contribution in [0.15, 0.2) is 36.5 Å². The molecule has 0 aromatic heterocycles. The lowest BCUT2D eigenvalue weighted by Gasteiger charge is -2.20. The van der Waals surface area contributed by atoms with E-state index >= 15 is 0 Å². The Morgan fingerprint density at radius 3 is 1.32 bits per heavy atom. The fourth-order valence-electron chi connectivity index (χ4n) is 7.66. The van der Waals surface area contributed by atoms with Crippen molar-refractivity contribution in [3.05, 3.63) is 36.5 Å². The minimum Gasteiger partial charge on any atom is -0.466 e. The summed E-state index contributed by atoms with van der Waals surface area (Å²) in [6.07, 6.45) is 58.6. The number of hydrogen-bond acceptors (Lipinski definition) is 5. The fourth-order valence-corrected chi connectivity index (χ4v) is 7.66. The van der Waals surface area contributed by atoms with Gasteiger partial charge in [-0.1, -0.05) is 224 Å². The Hall–Kier alpha value is -1.92. The molecule has 0 aromatic rings. The first-order chi connectivity index (χ1) is 29.0. The summed E-state index contributed by atoms with van der Waals surface area (Å²) < 4.78 is 5.47. The predicted molar refractivity (Wildman–Crippen MR) is 255 cm³/mol. The Morgan fingerprint density at radius 1 is 0.475 bits per heavy atom. The molecule has 0 saturated carbocycles. The van der Waals surface area contributed by atoms with Gasteiger partial charge in [0.2, 0.25) is 5.91 Å². The second kappa shape index (κ2) is 48.7. The third-order valence-corrected chi connectivity index (χ3v) is 11.7. The van der Waals surface area contributed by atoms with Gasteiger partial charge in [0.1, 0.15) is 0 Å². The molecule has 59 heavy (non-hydrogen) atoms. The molecule has 6 heteroatoms. The second-order valence-electron chi connectivity index (χ2n) is 17.5. The van der Waals surface area contributed by atoms with Gasteiger partial charge in [-0.05, 0) is 64.2 Å². The zero-order chi connectivity index (χ0) is 43.0. The number of esters is 1. The molecule has 2 atom stereocenters. The fraction of sp³-hybridized carbons (Fsp3) is 0.849. The van der Waals surface area contributed by atoms with Crippen molar-refractivity contribution in [1.82, 2.24) is 5.32 Å². The number of unbranched alkanes of at least 4 members (excludes halogenated alkanes) is 32. The lowest BCUT2D eigenvalue weighted by Crippen LogP contribution is -2.45. The zero-order valence-corrected chi connectivity index (χ0v) is 39.2. The van der Waals surface area contributed by atoms with E-state index in [2.05, 4.69) is 43.5 Å². The van der Waals surface area contributed by atoms with Crippen molar-refractivity contribution < 1.29 is 24.5 Å². The molecular formula is C53H99NO5. The maximum atomic E-state index is 12.4. The van der Waals surface area contributed by atoms with E-state index in [1.807, 2.05) is 6.08 Å². The van der Waals surface area contributed by atoms with E-state index in [-0.39, 0.29) is 18.5 Å². The lowest BCUT2D eigenvalue weighted by molar-refractivity contribution is -0.143. The quantitative estimate of drug-likeness (QED) is 0.0323. The number of ether oxygens (including phenoxy) is 1. The van der Waals surface area contributed by atoms with Crippen LogP contribution in [0, 0.1) is 0 Å². The number of rotatable bonds is 47. The maximum Gasteiger partial charge on any atom is 0.305 e. The summed E-state index contributed by atoms with van der Waals surface area (Å²) in [6, 6.07) is -0.633. The smallest absolute Gasteiger partial charge is 0.305 e. The highest BCUT2D eigenvalue weighted by Crippen LogP contribution is 2.15. The van der Waals surface area contributed by atoms with Crippen molar-refractivity contribution in [2.45, 2.75) is 276 Å². The highest BCUT2D eigenvalue weighted by Gasteiger charge is 2.18. The van der Waals surface area contributed by atoms with Crippen molar-refractivity contribution >= 4 is 11.9 Å². The summed E-state index contributed by atoms with van der Waals surface area (Å²) in [4.78, 5) is 24.4. The van der Waals surface area contributed by atoms with Crippen LogP contribution >= 0.6 is 0 Å². The molecule has 0 aromatic carbocycles. The summed E-state index contributed by atoms with van der Waals surface area (Å²) in [5, 5.41) is 22.9. The molecule has 1 amide bonds. The minimum atomic E-state index is -0.848. The molecule has 6 nitrogen and oxygen atoms in total. The molecule has 2 unspecified atom stereocenters. The first kappa shape index (κ1) is 57.1. The second-order valence-corrected chi connectivity index (χ2v) is 17.5. The van der Waals surface area contributed by atoms with Crippen molar-refractivity contribution in [3.8, 4) is 0 Å². The van der Waals surface area contributed by atoms with Crippen LogP contribution in [0.2, 0.25) is 0 Å². The van der Waals surface area contributed by atoms with E-state index in [1.54, 1.807) is 6.08 Å². The number of hydrogen-bond donors (Lipinski definition) is 3. The Kier molecular flexibility index (Phi) is 47.2. The van der Waals surface area contributed by atoms with E-state index in [1.165, 1.54) is 173 Å². The molecule has 3 N–H and O–H groups in total. The van der Waals surface area contributed by atoms with Gasteiger partial charge in [-0.2, -0.15) is 0 Å². The van der Waals surface area contributed by atoms with E-state index in [0.717, 1.165) is 64.2 Å². The average Bonchev–Trinajstić information content (AvgIpc) is 3.24. The van der Waals surface area contributed by atoms with Gasteiger partial charge in [-0.15, -0.1) is 0 Å². The normalized spacial score (nSPS) is 12.9. The van der Waals surface area contributed by atoms with E-state index in [4.69, 9.17) is 4.74 Å². The summed E-state index contributed by atoms with van der Waals surface area (Å²) >= 11 is 0. The first-order valence-corrected chi connectivity index (χ1v) is 25.8. The van der Waals surface area contributed by atoms with Crippen molar-refractivity contribution in [1.29, 1.82) is 0 Å². The van der Waals surface area contributed by atoms with Crippen LogP contribution in [0.1, 0.15) is 264 Å². The van der Waals surface area contributed by atoms with Gasteiger partial charge in [0, 0.05) is 12.8 Å². The zero-order valence-electron chi connectivity index (χ0n) is 39.2. The molecule has 0 aliphatic carbocycles. The van der Waals surface area contributed by atoms with Crippen molar-refractivity contribution in [3.63, 3.8) is 0 Å². The Labute approximate surface area is 366 Å². The highest BCUT2D eigenvalue weighted by atomic mass is 16.5. The van der Waals surface area contributed by atoms with Crippen LogP contribution in [-0.2, 0) is 14.3 Å². The topological polar surface area (TPSA) is 95.9 Å². The van der Waals surface area contributed by atoms with Gasteiger partial charge < -0.3 is 20.3 Å². The Bertz CT molecular complexity index is 962. The van der Waals surface area contributed by atoms with Crippen LogP contribution in [0.3, 0.4) is 0 Å². The third kappa shape index (κ3) is 45.4. The standard InChI is InChI=1S/C53H99NO5/c1-3-5-7-9-11-13-15-16-17-18-21-24-27-31-35-39-43-47-53(58)59-48-44-40-36-32-28-25-22-19-20-23-26-30-34-38-42-46-52(57)54-50(49-55)51(56)45-41-37-33-29-14-12-10-8-6-4-2/h11,13,16-17,41,45,50-51,55-56H,3-10,12,14-15,18-40,42-44,46-49H2,1-2H3,(H,54,57)/b13-11-,17-16-,45-41+. The molecule has 0 bridgehead atoms. The number of amides is 1. The number of aliphatic hydroxyl groups excluding tert-OH is 2. The Balaban J connectivity index is 3.44. The monoisotopic (exact) mass is 830 g/mol. The molecule has 0 aliphatic rings. The summed E-state index contributed by atoms with van der Waals surface area (Å²) in [6.45, 7) is 4.83. The lowest BCUT2D eigenvalue weighted by atomic mass is 10.0. The summed E-state index contributed by atoms with van der Waals surface area (Å²) in [7, 11) is 0. The number of allylic oxidation sites excluding steroid dienone is 5. The Morgan fingerprint density at radius 2 is 0.847 bits per heavy atom. The summed E-state index contributed by atoms with van der Waals surface area (Å²) in [5.74, 6) is -0.0886. The van der Waals surface area contributed by atoms with E-state index < -0.39 is 12.1 Å². The molecule has 0 aliphatic heterocycles. The van der Waals surface area contributed by atoms with Gasteiger partial charge in [-0.3, -0.25) is 9.59 Å². The number of carbonyl (C=O) groups is 2. The minimum absolute atomic E-state index is 0.00907. The van der Waals surface area contributed by atoms with Crippen LogP contribution < -0.4 is 5.32 Å². The number of aliphatic hydroxyl groups is 2. The molecular weight excluding hydrogens is 731 g/mol. The van der Waals surface area contributed by atoms with Crippen molar-refractivity contribution in [2.24, 2.45) is 0 Å². The molecule has 346 valence electrons. The van der Waals surface area contributed by atoms with E-state index in [0.29, 0.717) is 19.4 Å². The molecule has 0 heterocycles. The number of carbonyl (C=O) groups excluding carboxylic acids is 2. The molecule has 0 rings (SSSR count). The predicted octanol–water partition coefficient (Wildman–Crippen LogP) is 15.3. The molecule has 0 fully saturated rings. The molecule has 0 saturated heterocycles. The van der Waals surface area contributed by atoms with Gasteiger partial charge >= 0.3 is 5.97 Å². The van der Waals surface area contributed by atoms with Crippen molar-refractivity contribution in [2.75, 3.05) is 13.2 Å². The van der Waals surface area contributed by atoms with Crippen LogP contribution in [-0.4, -0.2) is 47.4 Å². The van der Waals surface area contributed by atoms with Gasteiger partial charge in [-0.25, -0.2) is 0 Å². The van der Waals surface area contributed by atoms with Crippen LogP contribution in [0.5, 0.6) is 0 Å². The number of nitrogens with one attached hydrogen (secondary N) is 1. The first-order valence-electron chi connectivity index (χ1n) is 25.8.